The number of hydrogen-bond donors (Lipinski definition) is 1. The molecule has 0 fully saturated rings. The number of methoxy groups -OCH3 is 5. The molecule has 8 heteroatoms. The van der Waals surface area contributed by atoms with E-state index >= 15 is 0 Å². The summed E-state index contributed by atoms with van der Waals surface area (Å²) in [5.41, 5.74) is 2.82. The molecule has 0 unspecified atom stereocenters. The highest BCUT2D eigenvalue weighted by Crippen LogP contribution is 2.40. The average molecular weight is 483 g/mol. The van der Waals surface area contributed by atoms with E-state index in [0.717, 1.165) is 28.3 Å². The van der Waals surface area contributed by atoms with E-state index in [-0.39, 0.29) is 0 Å². The number of nitrogens with zero attached hydrogens (tertiary/aromatic N) is 1. The number of anilines is 1. The van der Waals surface area contributed by atoms with Crippen LogP contribution in [0.25, 0.3) is 0 Å². The minimum absolute atomic E-state index is 0.478. The van der Waals surface area contributed by atoms with Crippen molar-refractivity contribution in [2.45, 2.75) is 13.1 Å². The summed E-state index contributed by atoms with van der Waals surface area (Å²) in [6, 6.07) is 19.4. The Hall–Kier alpha value is -3.65. The van der Waals surface area contributed by atoms with Crippen LogP contribution in [0.5, 0.6) is 28.7 Å². The monoisotopic (exact) mass is 482 g/mol. The molecule has 0 bridgehead atoms. The Morgan fingerprint density at radius 1 is 0.735 bits per heavy atom. The summed E-state index contributed by atoms with van der Waals surface area (Å²) in [6.45, 7) is 1.04. The largest absolute Gasteiger partial charge is 0.497 e. The molecule has 0 spiro atoms. The van der Waals surface area contributed by atoms with Crippen molar-refractivity contribution in [2.75, 3.05) is 40.9 Å². The Morgan fingerprint density at radius 2 is 1.44 bits per heavy atom. The van der Waals surface area contributed by atoms with Gasteiger partial charge in [-0.25, -0.2) is 0 Å². The number of benzene rings is 3. The molecular formula is C26H30N2O5S. The maximum absolute atomic E-state index is 5.83. The highest BCUT2D eigenvalue weighted by atomic mass is 32.1. The van der Waals surface area contributed by atoms with Gasteiger partial charge < -0.3 is 33.9 Å². The first kappa shape index (κ1) is 25.0. The summed E-state index contributed by atoms with van der Waals surface area (Å²) in [4.78, 5) is 2.06. The van der Waals surface area contributed by atoms with Crippen LogP contribution in [0.3, 0.4) is 0 Å². The van der Waals surface area contributed by atoms with Crippen LogP contribution in [0.2, 0.25) is 0 Å². The molecule has 3 rings (SSSR count). The third-order valence-electron chi connectivity index (χ3n) is 5.29. The van der Waals surface area contributed by atoms with Crippen molar-refractivity contribution >= 4 is 23.0 Å². The van der Waals surface area contributed by atoms with Gasteiger partial charge in [0.05, 0.1) is 35.5 Å². The second-order valence-electron chi connectivity index (χ2n) is 7.36. The second-order valence-corrected chi connectivity index (χ2v) is 7.75. The summed E-state index contributed by atoms with van der Waals surface area (Å²) in [5.74, 6) is 3.29. The highest BCUT2D eigenvalue weighted by Gasteiger charge is 2.20. The molecule has 0 amide bonds. The van der Waals surface area contributed by atoms with Crippen molar-refractivity contribution in [3.05, 3.63) is 71.8 Å². The standard InChI is InChI=1S/C26H30N2O5S/c1-29-21-12-9-18(10-13-21)16-28(26(34)27-20-7-6-8-22(15-20)30-2)17-19-11-14-23(31-3)25(33-5)24(19)32-4/h6-15H,16-17H2,1-5H3,(H,27,34). The first-order chi connectivity index (χ1) is 16.5. The van der Waals surface area contributed by atoms with Crippen LogP contribution in [0.15, 0.2) is 60.7 Å². The number of hydrogen-bond acceptors (Lipinski definition) is 6. The minimum Gasteiger partial charge on any atom is -0.497 e. The summed E-state index contributed by atoms with van der Waals surface area (Å²) >= 11 is 5.83. The van der Waals surface area contributed by atoms with Crippen LogP contribution in [0.1, 0.15) is 11.1 Å². The first-order valence-electron chi connectivity index (χ1n) is 10.6. The van der Waals surface area contributed by atoms with Crippen molar-refractivity contribution < 1.29 is 23.7 Å². The molecule has 1 N–H and O–H groups in total. The summed E-state index contributed by atoms with van der Waals surface area (Å²) in [7, 11) is 8.09. The number of rotatable bonds is 10. The van der Waals surface area contributed by atoms with Gasteiger partial charge in [-0.2, -0.15) is 0 Å². The molecule has 0 saturated heterocycles. The normalized spacial score (nSPS) is 10.3. The van der Waals surface area contributed by atoms with Gasteiger partial charge in [0.1, 0.15) is 11.5 Å². The van der Waals surface area contributed by atoms with Crippen LogP contribution in [-0.2, 0) is 13.1 Å². The summed E-state index contributed by atoms with van der Waals surface area (Å²) in [6.07, 6.45) is 0. The van der Waals surface area contributed by atoms with E-state index < -0.39 is 0 Å². The van der Waals surface area contributed by atoms with Gasteiger partial charge in [-0.15, -0.1) is 0 Å². The predicted molar refractivity (Wildman–Crippen MR) is 138 cm³/mol. The molecule has 180 valence electrons. The fraction of sp³-hybridized carbons (Fsp3) is 0.269. The van der Waals surface area contributed by atoms with E-state index in [2.05, 4.69) is 10.2 Å². The number of nitrogens with one attached hydrogen (secondary N) is 1. The third kappa shape index (κ3) is 6.02. The van der Waals surface area contributed by atoms with Crippen LogP contribution < -0.4 is 29.0 Å². The first-order valence-corrected chi connectivity index (χ1v) is 11.0. The van der Waals surface area contributed by atoms with E-state index in [1.165, 1.54) is 0 Å². The predicted octanol–water partition coefficient (Wildman–Crippen LogP) is 5.13. The summed E-state index contributed by atoms with van der Waals surface area (Å²) < 4.78 is 27.3. The molecule has 0 radical (unpaired) electrons. The molecule has 34 heavy (non-hydrogen) atoms. The Morgan fingerprint density at radius 3 is 2.06 bits per heavy atom. The van der Waals surface area contributed by atoms with Gasteiger partial charge >= 0.3 is 0 Å². The van der Waals surface area contributed by atoms with Crippen molar-refractivity contribution in [1.29, 1.82) is 0 Å². The molecule has 0 atom stereocenters. The Labute approximate surface area is 206 Å². The minimum atomic E-state index is 0.478. The number of ether oxygens (including phenoxy) is 5. The van der Waals surface area contributed by atoms with Gasteiger partial charge in [-0.05, 0) is 54.2 Å². The topological polar surface area (TPSA) is 61.4 Å². The molecule has 0 aliphatic heterocycles. The van der Waals surface area contributed by atoms with Gasteiger partial charge in [-0.1, -0.05) is 18.2 Å². The van der Waals surface area contributed by atoms with Gasteiger partial charge in [-0.3, -0.25) is 0 Å². The SMILES string of the molecule is COc1ccc(CN(Cc2ccc(OC)c(OC)c2OC)C(=S)Nc2cccc(OC)c2)cc1. The highest BCUT2D eigenvalue weighted by molar-refractivity contribution is 7.80. The molecule has 7 nitrogen and oxygen atoms in total. The molecule has 0 aliphatic carbocycles. The second kappa shape index (κ2) is 12.0. The lowest BCUT2D eigenvalue weighted by molar-refractivity contribution is 0.316. The quantitative estimate of drug-likeness (QED) is 0.399. The molecule has 0 aliphatic rings. The molecule has 0 saturated carbocycles. The zero-order valence-corrected chi connectivity index (χ0v) is 20.9. The summed E-state index contributed by atoms with van der Waals surface area (Å²) in [5, 5.41) is 3.88. The molecule has 3 aromatic carbocycles. The smallest absolute Gasteiger partial charge is 0.203 e. The molecule has 0 aromatic heterocycles. The van der Waals surface area contributed by atoms with E-state index in [9.17, 15) is 0 Å². The van der Waals surface area contributed by atoms with Crippen LogP contribution in [-0.4, -0.2) is 45.6 Å². The van der Waals surface area contributed by atoms with Crippen LogP contribution >= 0.6 is 12.2 Å². The maximum atomic E-state index is 5.83. The Bertz CT molecular complexity index is 1100. The van der Waals surface area contributed by atoms with Crippen molar-refractivity contribution in [3.63, 3.8) is 0 Å². The fourth-order valence-electron chi connectivity index (χ4n) is 3.55. The van der Waals surface area contributed by atoms with E-state index in [1.54, 1.807) is 35.5 Å². The lowest BCUT2D eigenvalue weighted by Crippen LogP contribution is -2.34. The van der Waals surface area contributed by atoms with Gasteiger partial charge in [0.25, 0.3) is 0 Å². The van der Waals surface area contributed by atoms with E-state index in [4.69, 9.17) is 35.9 Å². The van der Waals surface area contributed by atoms with Gasteiger partial charge in [0.2, 0.25) is 5.75 Å². The van der Waals surface area contributed by atoms with Crippen molar-refractivity contribution in [3.8, 4) is 28.7 Å². The van der Waals surface area contributed by atoms with Crippen LogP contribution in [0, 0.1) is 0 Å². The lowest BCUT2D eigenvalue weighted by atomic mass is 10.1. The number of thiocarbonyl (C=S) groups is 1. The van der Waals surface area contributed by atoms with Gasteiger partial charge in [0, 0.05) is 30.4 Å². The molecule has 3 aromatic rings. The van der Waals surface area contributed by atoms with Crippen molar-refractivity contribution in [2.24, 2.45) is 0 Å². The lowest BCUT2D eigenvalue weighted by Gasteiger charge is -2.27. The Kier molecular flexibility index (Phi) is 8.81. The molecule has 0 heterocycles. The van der Waals surface area contributed by atoms with Gasteiger partial charge in [0.15, 0.2) is 16.6 Å². The van der Waals surface area contributed by atoms with Crippen LogP contribution in [0.4, 0.5) is 5.69 Å². The average Bonchev–Trinajstić information content (AvgIpc) is 2.88. The zero-order valence-electron chi connectivity index (χ0n) is 20.1. The Balaban J connectivity index is 1.93. The van der Waals surface area contributed by atoms with E-state index in [1.807, 2.05) is 60.7 Å². The third-order valence-corrected chi connectivity index (χ3v) is 5.65. The van der Waals surface area contributed by atoms with E-state index in [0.29, 0.717) is 35.5 Å². The maximum Gasteiger partial charge on any atom is 0.203 e. The fourth-order valence-corrected chi connectivity index (χ4v) is 3.79. The van der Waals surface area contributed by atoms with Crippen molar-refractivity contribution in [1.82, 2.24) is 4.90 Å². The molecular weight excluding hydrogens is 452 g/mol. The zero-order chi connectivity index (χ0) is 24.5.